The summed E-state index contributed by atoms with van der Waals surface area (Å²) in [7, 11) is 0. The Labute approximate surface area is 135 Å². The summed E-state index contributed by atoms with van der Waals surface area (Å²) in [4.78, 5) is 4.76. The third-order valence-electron chi connectivity index (χ3n) is 3.93. The minimum absolute atomic E-state index is 0.0911. The van der Waals surface area contributed by atoms with Crippen LogP contribution in [0.2, 0.25) is 5.02 Å². The highest BCUT2D eigenvalue weighted by atomic mass is 35.5. The van der Waals surface area contributed by atoms with Gasteiger partial charge in [0.15, 0.2) is 0 Å². The van der Waals surface area contributed by atoms with E-state index in [1.54, 1.807) is 0 Å². The standard InChI is InChI=1S/C18H20ClN3/c1-12(2)17(20)18-21-15-8-3-4-9-16(15)22(18)11-13-6-5-7-14(19)10-13/h3-10,12,17H,11,20H2,1-2H3/t17-/m0/s1. The molecule has 0 aliphatic carbocycles. The van der Waals surface area contributed by atoms with Crippen LogP contribution in [-0.2, 0) is 6.54 Å². The quantitative estimate of drug-likeness (QED) is 0.776. The molecular weight excluding hydrogens is 294 g/mol. The fraction of sp³-hybridized carbons (Fsp3) is 0.278. The summed E-state index contributed by atoms with van der Waals surface area (Å²) < 4.78 is 2.20. The predicted molar refractivity (Wildman–Crippen MR) is 92.1 cm³/mol. The molecule has 0 aliphatic heterocycles. The Morgan fingerprint density at radius 3 is 2.64 bits per heavy atom. The Bertz CT molecular complexity index is 792. The number of aromatic nitrogens is 2. The van der Waals surface area contributed by atoms with Gasteiger partial charge in [-0.15, -0.1) is 0 Å². The number of imidazole rings is 1. The molecule has 2 N–H and O–H groups in total. The molecule has 1 aromatic heterocycles. The van der Waals surface area contributed by atoms with E-state index in [0.717, 1.165) is 34.0 Å². The van der Waals surface area contributed by atoms with Crippen molar-refractivity contribution in [3.63, 3.8) is 0 Å². The molecule has 1 atom stereocenters. The van der Waals surface area contributed by atoms with Gasteiger partial charge in [0.25, 0.3) is 0 Å². The molecule has 4 heteroatoms. The number of halogens is 1. The van der Waals surface area contributed by atoms with Crippen molar-refractivity contribution in [3.8, 4) is 0 Å². The van der Waals surface area contributed by atoms with Crippen LogP contribution in [0, 0.1) is 5.92 Å². The molecule has 114 valence electrons. The van der Waals surface area contributed by atoms with Gasteiger partial charge in [0, 0.05) is 11.6 Å². The van der Waals surface area contributed by atoms with Gasteiger partial charge in [-0.3, -0.25) is 0 Å². The lowest BCUT2D eigenvalue weighted by atomic mass is 10.0. The molecule has 1 heterocycles. The molecule has 0 fully saturated rings. The Morgan fingerprint density at radius 1 is 1.14 bits per heavy atom. The smallest absolute Gasteiger partial charge is 0.127 e. The molecule has 0 bridgehead atoms. The summed E-state index contributed by atoms with van der Waals surface area (Å²) in [5.41, 5.74) is 9.61. The largest absolute Gasteiger partial charge is 0.322 e. The van der Waals surface area contributed by atoms with E-state index in [1.165, 1.54) is 0 Å². The van der Waals surface area contributed by atoms with Crippen LogP contribution in [0.5, 0.6) is 0 Å². The maximum absolute atomic E-state index is 6.38. The van der Waals surface area contributed by atoms with Crippen molar-refractivity contribution in [1.82, 2.24) is 9.55 Å². The lowest BCUT2D eigenvalue weighted by Gasteiger charge is -2.18. The van der Waals surface area contributed by atoms with Crippen molar-refractivity contribution < 1.29 is 0 Å². The van der Waals surface area contributed by atoms with Gasteiger partial charge in [0.1, 0.15) is 5.82 Å². The summed E-state index contributed by atoms with van der Waals surface area (Å²) in [5.74, 6) is 1.26. The third kappa shape index (κ3) is 2.87. The highest BCUT2D eigenvalue weighted by Gasteiger charge is 2.19. The summed E-state index contributed by atoms with van der Waals surface area (Å²) >= 11 is 6.11. The maximum Gasteiger partial charge on any atom is 0.127 e. The molecule has 0 spiro atoms. The van der Waals surface area contributed by atoms with Crippen LogP contribution in [0.1, 0.15) is 31.3 Å². The highest BCUT2D eigenvalue weighted by molar-refractivity contribution is 6.30. The molecule has 0 saturated heterocycles. The first-order valence-corrected chi connectivity index (χ1v) is 7.89. The van der Waals surface area contributed by atoms with E-state index in [0.29, 0.717) is 5.92 Å². The third-order valence-corrected chi connectivity index (χ3v) is 4.17. The van der Waals surface area contributed by atoms with E-state index in [-0.39, 0.29) is 6.04 Å². The molecule has 3 nitrogen and oxygen atoms in total. The van der Waals surface area contributed by atoms with Gasteiger partial charge in [-0.25, -0.2) is 4.98 Å². The molecule has 3 rings (SSSR count). The first-order valence-electron chi connectivity index (χ1n) is 7.51. The van der Waals surface area contributed by atoms with Gasteiger partial charge in [0.2, 0.25) is 0 Å². The van der Waals surface area contributed by atoms with Gasteiger partial charge in [0.05, 0.1) is 17.1 Å². The predicted octanol–water partition coefficient (Wildman–Crippen LogP) is 4.39. The fourth-order valence-electron chi connectivity index (χ4n) is 2.63. The molecule has 0 saturated carbocycles. The molecule has 22 heavy (non-hydrogen) atoms. The van der Waals surface area contributed by atoms with Gasteiger partial charge in [-0.2, -0.15) is 0 Å². The Balaban J connectivity index is 2.11. The Hall–Kier alpha value is -1.84. The zero-order valence-electron chi connectivity index (χ0n) is 12.8. The maximum atomic E-state index is 6.38. The molecule has 0 aliphatic rings. The van der Waals surface area contributed by atoms with E-state index in [1.807, 2.05) is 36.4 Å². The first kappa shape index (κ1) is 15.1. The number of para-hydroxylation sites is 2. The number of fused-ring (bicyclic) bond motifs is 1. The van der Waals surface area contributed by atoms with Gasteiger partial charge < -0.3 is 10.3 Å². The second-order valence-corrected chi connectivity index (χ2v) is 6.38. The van der Waals surface area contributed by atoms with E-state index >= 15 is 0 Å². The van der Waals surface area contributed by atoms with Crippen molar-refractivity contribution in [1.29, 1.82) is 0 Å². The Kier molecular flexibility index (Phi) is 4.19. The van der Waals surface area contributed by atoms with E-state index < -0.39 is 0 Å². The van der Waals surface area contributed by atoms with E-state index in [2.05, 4.69) is 30.5 Å². The number of hydrogen-bond acceptors (Lipinski definition) is 2. The lowest BCUT2D eigenvalue weighted by Crippen LogP contribution is -2.22. The Morgan fingerprint density at radius 2 is 1.91 bits per heavy atom. The van der Waals surface area contributed by atoms with Crippen molar-refractivity contribution >= 4 is 22.6 Å². The van der Waals surface area contributed by atoms with Crippen molar-refractivity contribution in [2.24, 2.45) is 11.7 Å². The molecule has 0 unspecified atom stereocenters. The second-order valence-electron chi connectivity index (χ2n) is 5.94. The molecule has 3 aromatic rings. The number of rotatable bonds is 4. The number of hydrogen-bond donors (Lipinski definition) is 1. The summed E-state index contributed by atoms with van der Waals surface area (Å²) in [6, 6.07) is 16.0. The molecule has 0 radical (unpaired) electrons. The average molecular weight is 314 g/mol. The SMILES string of the molecule is CC(C)[C@H](N)c1nc2ccccc2n1Cc1cccc(Cl)c1. The van der Waals surface area contributed by atoms with Gasteiger partial charge in [-0.05, 0) is 35.7 Å². The van der Waals surface area contributed by atoms with Crippen LogP contribution in [0.15, 0.2) is 48.5 Å². The minimum atomic E-state index is -0.0911. The van der Waals surface area contributed by atoms with Crippen molar-refractivity contribution in [2.75, 3.05) is 0 Å². The van der Waals surface area contributed by atoms with Crippen LogP contribution in [-0.4, -0.2) is 9.55 Å². The summed E-state index contributed by atoms with van der Waals surface area (Å²) in [5, 5.41) is 0.747. The monoisotopic (exact) mass is 313 g/mol. The van der Waals surface area contributed by atoms with E-state index in [9.17, 15) is 0 Å². The van der Waals surface area contributed by atoms with Gasteiger partial charge in [-0.1, -0.05) is 49.7 Å². The number of nitrogens with zero attached hydrogens (tertiary/aromatic N) is 2. The van der Waals surface area contributed by atoms with Crippen LogP contribution in [0.4, 0.5) is 0 Å². The molecular formula is C18H20ClN3. The zero-order valence-corrected chi connectivity index (χ0v) is 13.6. The molecule has 2 aromatic carbocycles. The van der Waals surface area contributed by atoms with Crippen LogP contribution >= 0.6 is 11.6 Å². The van der Waals surface area contributed by atoms with E-state index in [4.69, 9.17) is 22.3 Å². The average Bonchev–Trinajstić information content (AvgIpc) is 2.85. The normalized spacial score (nSPS) is 13.0. The lowest BCUT2D eigenvalue weighted by molar-refractivity contribution is 0.475. The van der Waals surface area contributed by atoms with Crippen LogP contribution < -0.4 is 5.73 Å². The zero-order chi connectivity index (χ0) is 15.7. The topological polar surface area (TPSA) is 43.8 Å². The highest BCUT2D eigenvalue weighted by Crippen LogP contribution is 2.25. The summed E-state index contributed by atoms with van der Waals surface area (Å²) in [6.07, 6.45) is 0. The number of nitrogens with two attached hydrogens (primary N) is 1. The first-order chi connectivity index (χ1) is 10.6. The number of benzene rings is 2. The van der Waals surface area contributed by atoms with Gasteiger partial charge >= 0.3 is 0 Å². The van der Waals surface area contributed by atoms with Crippen LogP contribution in [0.25, 0.3) is 11.0 Å². The second kappa shape index (κ2) is 6.11. The van der Waals surface area contributed by atoms with Crippen LogP contribution in [0.3, 0.4) is 0 Å². The van der Waals surface area contributed by atoms with Crippen molar-refractivity contribution in [2.45, 2.75) is 26.4 Å². The van der Waals surface area contributed by atoms with Crippen molar-refractivity contribution in [3.05, 3.63) is 64.9 Å². The summed E-state index contributed by atoms with van der Waals surface area (Å²) in [6.45, 7) is 4.96. The fourth-order valence-corrected chi connectivity index (χ4v) is 2.84. The molecule has 0 amide bonds. The minimum Gasteiger partial charge on any atom is -0.322 e.